The molecule has 2 aromatic rings. The van der Waals surface area contributed by atoms with Crippen LogP contribution in [0.2, 0.25) is 5.02 Å². The molecule has 9 heteroatoms. The van der Waals surface area contributed by atoms with E-state index < -0.39 is 23.8 Å². The smallest absolute Gasteiger partial charge is 0.255 e. The number of nitrogens with one attached hydrogen (secondary N) is 2. The largest absolute Gasteiger partial charge is 0.345 e. The molecule has 2 aromatic carbocycles. The second kappa shape index (κ2) is 8.83. The Kier molecular flexibility index (Phi) is 5.85. The van der Waals surface area contributed by atoms with Crippen LogP contribution in [0.3, 0.4) is 0 Å². The first-order valence-corrected chi connectivity index (χ1v) is 11.7. The lowest BCUT2D eigenvalue weighted by atomic mass is 9.77. The summed E-state index contributed by atoms with van der Waals surface area (Å²) >= 11 is 5.90. The van der Waals surface area contributed by atoms with Crippen LogP contribution in [0.4, 0.5) is 4.39 Å². The Bertz CT molecular complexity index is 1210. The number of hydrogen-bond donors (Lipinski definition) is 2. The molecule has 2 fully saturated rings. The van der Waals surface area contributed by atoms with Crippen molar-refractivity contribution in [3.05, 3.63) is 69.5 Å². The van der Waals surface area contributed by atoms with E-state index in [-0.39, 0.29) is 43.0 Å². The number of amides is 4. The number of fused-ring (bicyclic) bond motifs is 1. The standard InChI is InChI=1S/C25H23ClFN3O4/c26-16-5-7-18(19(27)11-16)22(13-2-1-3-13)29-23(32)14-4-6-17-15(10-14)12-30(25(17)34)20-8-9-21(31)28-24(20)33/h4-7,10-11,13,20,22H,1-3,8-9,12H2,(H,29,32)(H,28,31,33). The van der Waals surface area contributed by atoms with Gasteiger partial charge >= 0.3 is 0 Å². The molecule has 0 spiro atoms. The maximum atomic E-state index is 14.6. The maximum absolute atomic E-state index is 14.6. The van der Waals surface area contributed by atoms with E-state index in [4.69, 9.17) is 11.6 Å². The zero-order chi connectivity index (χ0) is 24.0. The van der Waals surface area contributed by atoms with Crippen LogP contribution < -0.4 is 10.6 Å². The van der Waals surface area contributed by atoms with Crippen molar-refractivity contribution < 1.29 is 23.6 Å². The second-order valence-corrected chi connectivity index (χ2v) is 9.52. The maximum Gasteiger partial charge on any atom is 0.255 e. The van der Waals surface area contributed by atoms with Gasteiger partial charge in [0.05, 0.1) is 6.04 Å². The molecular formula is C25H23ClFN3O4. The first-order chi connectivity index (χ1) is 16.3. The quantitative estimate of drug-likeness (QED) is 0.636. The summed E-state index contributed by atoms with van der Waals surface area (Å²) in [5.41, 5.74) is 1.83. The lowest BCUT2D eigenvalue weighted by Gasteiger charge is -2.35. The van der Waals surface area contributed by atoms with Crippen molar-refractivity contribution in [2.24, 2.45) is 5.92 Å². The predicted octanol–water partition coefficient (Wildman–Crippen LogP) is 3.51. The van der Waals surface area contributed by atoms with Gasteiger partial charge in [-0.1, -0.05) is 24.1 Å². The number of rotatable bonds is 5. The predicted molar refractivity (Wildman–Crippen MR) is 121 cm³/mol. The molecule has 4 amide bonds. The van der Waals surface area contributed by atoms with Gasteiger partial charge in [0.15, 0.2) is 0 Å². The summed E-state index contributed by atoms with van der Waals surface area (Å²) < 4.78 is 14.6. The highest BCUT2D eigenvalue weighted by Crippen LogP contribution is 2.39. The highest BCUT2D eigenvalue weighted by atomic mass is 35.5. The van der Waals surface area contributed by atoms with Gasteiger partial charge in [-0.2, -0.15) is 0 Å². The molecule has 2 unspecified atom stereocenters. The van der Waals surface area contributed by atoms with E-state index >= 15 is 0 Å². The minimum absolute atomic E-state index is 0.138. The molecule has 0 radical (unpaired) electrons. The van der Waals surface area contributed by atoms with Gasteiger partial charge in [-0.05, 0) is 61.1 Å². The van der Waals surface area contributed by atoms with E-state index in [9.17, 15) is 23.6 Å². The van der Waals surface area contributed by atoms with Crippen LogP contribution in [-0.2, 0) is 16.1 Å². The number of carbonyl (C=O) groups is 4. The number of carbonyl (C=O) groups excluding carboxylic acids is 4. The Morgan fingerprint density at radius 2 is 1.91 bits per heavy atom. The fourth-order valence-electron chi connectivity index (χ4n) is 4.92. The molecule has 2 aliphatic heterocycles. The topological polar surface area (TPSA) is 95.6 Å². The van der Waals surface area contributed by atoms with Gasteiger partial charge in [0, 0.05) is 34.7 Å². The van der Waals surface area contributed by atoms with Gasteiger partial charge in [-0.3, -0.25) is 24.5 Å². The Balaban J connectivity index is 1.35. The molecule has 2 atom stereocenters. The van der Waals surface area contributed by atoms with Crippen molar-refractivity contribution in [2.75, 3.05) is 0 Å². The fourth-order valence-corrected chi connectivity index (χ4v) is 5.08. The molecule has 34 heavy (non-hydrogen) atoms. The van der Waals surface area contributed by atoms with Crippen molar-refractivity contribution in [1.82, 2.24) is 15.5 Å². The molecule has 0 bridgehead atoms. The van der Waals surface area contributed by atoms with Gasteiger partial charge < -0.3 is 10.2 Å². The number of imide groups is 1. The van der Waals surface area contributed by atoms with Crippen molar-refractivity contribution in [3.63, 3.8) is 0 Å². The number of piperidine rings is 1. The average molecular weight is 484 g/mol. The van der Waals surface area contributed by atoms with Crippen molar-refractivity contribution >= 4 is 35.2 Å². The van der Waals surface area contributed by atoms with E-state index in [0.717, 1.165) is 19.3 Å². The molecule has 1 saturated heterocycles. The van der Waals surface area contributed by atoms with Gasteiger partial charge in [0.2, 0.25) is 11.8 Å². The fraction of sp³-hybridized carbons (Fsp3) is 0.360. The van der Waals surface area contributed by atoms with Crippen LogP contribution in [0.25, 0.3) is 0 Å². The molecule has 2 heterocycles. The van der Waals surface area contributed by atoms with Crippen LogP contribution in [0.5, 0.6) is 0 Å². The van der Waals surface area contributed by atoms with Crippen LogP contribution in [0.15, 0.2) is 36.4 Å². The van der Waals surface area contributed by atoms with Crippen molar-refractivity contribution in [3.8, 4) is 0 Å². The molecule has 3 aliphatic rings. The zero-order valence-electron chi connectivity index (χ0n) is 18.3. The molecule has 7 nitrogen and oxygen atoms in total. The molecular weight excluding hydrogens is 461 g/mol. The molecule has 2 N–H and O–H groups in total. The normalized spacial score (nSPS) is 21.1. The Labute approximate surface area is 200 Å². The van der Waals surface area contributed by atoms with Crippen molar-refractivity contribution in [1.29, 1.82) is 0 Å². The number of nitrogens with zero attached hydrogens (tertiary/aromatic N) is 1. The second-order valence-electron chi connectivity index (χ2n) is 9.08. The molecule has 176 valence electrons. The van der Waals surface area contributed by atoms with E-state index in [0.29, 0.717) is 27.3 Å². The summed E-state index contributed by atoms with van der Waals surface area (Å²) in [6.07, 6.45) is 3.27. The summed E-state index contributed by atoms with van der Waals surface area (Å²) in [7, 11) is 0. The SMILES string of the molecule is O=C1CCC(N2Cc3cc(C(=O)NC(c4ccc(Cl)cc4F)C4CCC4)ccc3C2=O)C(=O)N1. The summed E-state index contributed by atoms with van der Waals surface area (Å²) in [5.74, 6) is -1.80. The average Bonchev–Trinajstić information content (AvgIpc) is 3.08. The molecule has 5 rings (SSSR count). The Morgan fingerprint density at radius 1 is 1.12 bits per heavy atom. The summed E-state index contributed by atoms with van der Waals surface area (Å²) in [6.45, 7) is 0.180. The van der Waals surface area contributed by atoms with Crippen LogP contribution in [-0.4, -0.2) is 34.6 Å². The van der Waals surface area contributed by atoms with Gasteiger partial charge in [-0.25, -0.2) is 4.39 Å². The number of halogens is 2. The highest BCUT2D eigenvalue weighted by Gasteiger charge is 2.39. The Hall–Kier alpha value is -3.26. The van der Waals surface area contributed by atoms with Crippen LogP contribution >= 0.6 is 11.6 Å². The first kappa shape index (κ1) is 22.5. The minimum atomic E-state index is -0.717. The minimum Gasteiger partial charge on any atom is -0.345 e. The van der Waals surface area contributed by atoms with E-state index in [1.165, 1.54) is 11.0 Å². The summed E-state index contributed by atoms with van der Waals surface area (Å²) in [6, 6.07) is 8.07. The third kappa shape index (κ3) is 4.07. The number of hydrogen-bond acceptors (Lipinski definition) is 4. The zero-order valence-corrected chi connectivity index (χ0v) is 19.0. The molecule has 1 saturated carbocycles. The third-order valence-corrected chi connectivity index (χ3v) is 7.23. The third-order valence-electron chi connectivity index (χ3n) is 6.99. The first-order valence-electron chi connectivity index (χ1n) is 11.3. The van der Waals surface area contributed by atoms with Crippen molar-refractivity contribution in [2.45, 2.75) is 50.7 Å². The lowest BCUT2D eigenvalue weighted by molar-refractivity contribution is -0.136. The molecule has 0 aromatic heterocycles. The summed E-state index contributed by atoms with van der Waals surface area (Å²) in [4.78, 5) is 51.1. The summed E-state index contributed by atoms with van der Waals surface area (Å²) in [5, 5.41) is 5.55. The molecule has 1 aliphatic carbocycles. The number of benzene rings is 2. The van der Waals surface area contributed by atoms with Crippen LogP contribution in [0.1, 0.15) is 70.0 Å². The van der Waals surface area contributed by atoms with Crippen LogP contribution in [0, 0.1) is 11.7 Å². The lowest BCUT2D eigenvalue weighted by Crippen LogP contribution is -2.52. The van der Waals surface area contributed by atoms with Gasteiger partial charge in [0.25, 0.3) is 11.8 Å². The monoisotopic (exact) mass is 483 g/mol. The Morgan fingerprint density at radius 3 is 2.59 bits per heavy atom. The van der Waals surface area contributed by atoms with Gasteiger partial charge in [0.1, 0.15) is 11.9 Å². The highest BCUT2D eigenvalue weighted by molar-refractivity contribution is 6.30. The van der Waals surface area contributed by atoms with E-state index in [1.807, 2.05) is 0 Å². The van der Waals surface area contributed by atoms with Gasteiger partial charge in [-0.15, -0.1) is 0 Å². The van der Waals surface area contributed by atoms with E-state index in [2.05, 4.69) is 10.6 Å². The van der Waals surface area contributed by atoms with E-state index in [1.54, 1.807) is 30.3 Å².